The number of benzene rings is 1. The van der Waals surface area contributed by atoms with Crippen molar-refractivity contribution in [1.29, 1.82) is 0 Å². The quantitative estimate of drug-likeness (QED) is 0.498. The summed E-state index contributed by atoms with van der Waals surface area (Å²) in [6.45, 7) is 3.85. The molecule has 0 aliphatic carbocycles. The second kappa shape index (κ2) is 5.75. The third-order valence-electron chi connectivity index (χ3n) is 3.65. The standard InChI is InChI=1S/C15H15IN4O2S/c1-3-10-8-20(14-12(10)13(17)18-15(16)19-14)23(21,22)11-6-4-9(2)5-7-11/h4-8H,3H2,1-2H3,(H2,17,18,19). The summed E-state index contributed by atoms with van der Waals surface area (Å²) in [6, 6.07) is 6.73. The second-order valence-electron chi connectivity index (χ2n) is 5.20. The molecule has 120 valence electrons. The summed E-state index contributed by atoms with van der Waals surface area (Å²) in [5, 5.41) is 0.601. The van der Waals surface area contributed by atoms with E-state index in [1.165, 1.54) is 3.97 Å². The van der Waals surface area contributed by atoms with Gasteiger partial charge in [-0.15, -0.1) is 0 Å². The molecule has 0 saturated carbocycles. The Balaban J connectivity index is 2.33. The Labute approximate surface area is 147 Å². The van der Waals surface area contributed by atoms with Crippen LogP contribution in [0.15, 0.2) is 35.4 Å². The van der Waals surface area contributed by atoms with Crippen LogP contribution in [0.25, 0.3) is 11.0 Å². The number of aromatic nitrogens is 3. The van der Waals surface area contributed by atoms with Gasteiger partial charge in [0, 0.05) is 28.8 Å². The van der Waals surface area contributed by atoms with Crippen molar-refractivity contribution in [3.8, 4) is 0 Å². The van der Waals surface area contributed by atoms with E-state index in [2.05, 4.69) is 9.97 Å². The molecule has 6 nitrogen and oxygen atoms in total. The maximum Gasteiger partial charge on any atom is 0.269 e. The van der Waals surface area contributed by atoms with Gasteiger partial charge >= 0.3 is 0 Å². The van der Waals surface area contributed by atoms with E-state index >= 15 is 0 Å². The van der Waals surface area contributed by atoms with Gasteiger partial charge in [0.2, 0.25) is 0 Å². The molecule has 8 heteroatoms. The van der Waals surface area contributed by atoms with E-state index < -0.39 is 10.0 Å². The lowest BCUT2D eigenvalue weighted by Gasteiger charge is -2.07. The van der Waals surface area contributed by atoms with Gasteiger partial charge in [-0.2, -0.15) is 0 Å². The first-order valence-corrected chi connectivity index (χ1v) is 9.51. The fourth-order valence-electron chi connectivity index (χ4n) is 2.45. The lowest BCUT2D eigenvalue weighted by molar-refractivity contribution is 0.588. The Hall–Kier alpha value is -1.68. The predicted octanol–water partition coefficient (Wildman–Crippen LogP) is 2.73. The number of nitrogens with two attached hydrogens (primary N) is 1. The topological polar surface area (TPSA) is 90.9 Å². The first-order chi connectivity index (χ1) is 10.8. The average Bonchev–Trinajstić information content (AvgIpc) is 2.87. The maximum atomic E-state index is 13.0. The number of fused-ring (bicyclic) bond motifs is 1. The van der Waals surface area contributed by atoms with Crippen molar-refractivity contribution in [2.45, 2.75) is 25.2 Å². The minimum Gasteiger partial charge on any atom is -0.383 e. The van der Waals surface area contributed by atoms with E-state index in [0.717, 1.165) is 11.1 Å². The summed E-state index contributed by atoms with van der Waals surface area (Å²) >= 11 is 1.93. The minimum atomic E-state index is -3.74. The lowest BCUT2D eigenvalue weighted by Crippen LogP contribution is -2.13. The van der Waals surface area contributed by atoms with Crippen LogP contribution in [-0.4, -0.2) is 22.4 Å². The largest absolute Gasteiger partial charge is 0.383 e. The molecule has 0 atom stereocenters. The van der Waals surface area contributed by atoms with Crippen molar-refractivity contribution < 1.29 is 8.42 Å². The molecule has 2 aromatic heterocycles. The highest BCUT2D eigenvalue weighted by Gasteiger charge is 2.23. The molecule has 3 aromatic rings. The predicted molar refractivity (Wildman–Crippen MR) is 97.8 cm³/mol. The zero-order valence-electron chi connectivity index (χ0n) is 12.6. The number of halogens is 1. The Morgan fingerprint density at radius 3 is 2.48 bits per heavy atom. The highest BCUT2D eigenvalue weighted by molar-refractivity contribution is 14.1. The SMILES string of the molecule is CCc1cn(S(=O)(=O)c2ccc(C)cc2)c2nc(I)nc(N)c12. The molecular weight excluding hydrogens is 427 g/mol. The molecule has 1 aromatic carbocycles. The van der Waals surface area contributed by atoms with E-state index in [-0.39, 0.29) is 4.90 Å². The second-order valence-corrected chi connectivity index (χ2v) is 7.98. The smallest absolute Gasteiger partial charge is 0.269 e. The van der Waals surface area contributed by atoms with E-state index in [0.29, 0.717) is 27.1 Å². The fraction of sp³-hybridized carbons (Fsp3) is 0.200. The highest BCUT2D eigenvalue weighted by Crippen LogP contribution is 2.28. The van der Waals surface area contributed by atoms with Gasteiger partial charge in [0.1, 0.15) is 5.82 Å². The molecule has 0 spiro atoms. The number of anilines is 1. The van der Waals surface area contributed by atoms with Gasteiger partial charge in [-0.05, 0) is 31.0 Å². The van der Waals surface area contributed by atoms with Crippen LogP contribution < -0.4 is 5.73 Å². The van der Waals surface area contributed by atoms with Gasteiger partial charge in [0.15, 0.2) is 9.48 Å². The number of aryl methyl sites for hydroxylation is 2. The van der Waals surface area contributed by atoms with Gasteiger partial charge < -0.3 is 5.73 Å². The maximum absolute atomic E-state index is 13.0. The summed E-state index contributed by atoms with van der Waals surface area (Å²) in [5.41, 5.74) is 8.11. The summed E-state index contributed by atoms with van der Waals surface area (Å²) < 4.78 is 27.6. The van der Waals surface area contributed by atoms with Gasteiger partial charge in [-0.25, -0.2) is 22.4 Å². The molecule has 0 radical (unpaired) electrons. The molecule has 0 saturated heterocycles. The number of rotatable bonds is 3. The van der Waals surface area contributed by atoms with Crippen LogP contribution in [0, 0.1) is 10.8 Å². The van der Waals surface area contributed by atoms with E-state index in [9.17, 15) is 8.42 Å². The third-order valence-corrected chi connectivity index (χ3v) is 5.80. The van der Waals surface area contributed by atoms with E-state index in [1.807, 2.05) is 36.4 Å². The summed E-state index contributed by atoms with van der Waals surface area (Å²) in [7, 11) is -3.74. The molecule has 0 bridgehead atoms. The first-order valence-electron chi connectivity index (χ1n) is 6.99. The molecule has 0 amide bonds. The van der Waals surface area contributed by atoms with E-state index in [1.54, 1.807) is 30.5 Å². The molecule has 0 unspecified atom stereocenters. The Kier molecular flexibility index (Phi) is 4.05. The average molecular weight is 442 g/mol. The third kappa shape index (κ3) is 2.69. The van der Waals surface area contributed by atoms with Gasteiger partial charge in [0.05, 0.1) is 10.3 Å². The number of hydrogen-bond donors (Lipinski definition) is 1. The van der Waals surface area contributed by atoms with Crippen LogP contribution in [0.4, 0.5) is 5.82 Å². The molecule has 2 heterocycles. The van der Waals surface area contributed by atoms with Crippen molar-refractivity contribution in [2.75, 3.05) is 5.73 Å². The van der Waals surface area contributed by atoms with Crippen LogP contribution in [-0.2, 0) is 16.4 Å². The van der Waals surface area contributed by atoms with Crippen molar-refractivity contribution in [2.24, 2.45) is 0 Å². The Morgan fingerprint density at radius 1 is 1.22 bits per heavy atom. The van der Waals surface area contributed by atoms with Crippen LogP contribution in [0.3, 0.4) is 0 Å². The minimum absolute atomic E-state index is 0.217. The Bertz CT molecular complexity index is 994. The summed E-state index contributed by atoms with van der Waals surface area (Å²) in [6.07, 6.45) is 2.22. The number of hydrogen-bond acceptors (Lipinski definition) is 5. The van der Waals surface area contributed by atoms with Crippen LogP contribution in [0.2, 0.25) is 0 Å². The molecule has 2 N–H and O–H groups in total. The number of nitrogen functional groups attached to an aromatic ring is 1. The zero-order chi connectivity index (χ0) is 16.8. The van der Waals surface area contributed by atoms with Crippen LogP contribution >= 0.6 is 22.6 Å². The molecule has 0 aliphatic heterocycles. The first kappa shape index (κ1) is 16.2. The Morgan fingerprint density at radius 2 is 1.87 bits per heavy atom. The molecule has 0 aliphatic rings. The molecule has 23 heavy (non-hydrogen) atoms. The normalized spacial score (nSPS) is 12.0. The number of nitrogens with zero attached hydrogens (tertiary/aromatic N) is 3. The van der Waals surface area contributed by atoms with Crippen molar-refractivity contribution in [3.63, 3.8) is 0 Å². The van der Waals surface area contributed by atoms with Gasteiger partial charge in [0.25, 0.3) is 10.0 Å². The highest BCUT2D eigenvalue weighted by atomic mass is 127. The molecule has 3 rings (SSSR count). The van der Waals surface area contributed by atoms with Crippen LogP contribution in [0.1, 0.15) is 18.1 Å². The summed E-state index contributed by atoms with van der Waals surface area (Å²) in [4.78, 5) is 8.65. The van der Waals surface area contributed by atoms with Gasteiger partial charge in [-0.3, -0.25) is 0 Å². The lowest BCUT2D eigenvalue weighted by atomic mass is 10.2. The van der Waals surface area contributed by atoms with Crippen molar-refractivity contribution in [1.82, 2.24) is 13.9 Å². The molecule has 0 fully saturated rings. The van der Waals surface area contributed by atoms with Crippen LogP contribution in [0.5, 0.6) is 0 Å². The van der Waals surface area contributed by atoms with Gasteiger partial charge in [-0.1, -0.05) is 24.6 Å². The monoisotopic (exact) mass is 442 g/mol. The zero-order valence-corrected chi connectivity index (χ0v) is 15.6. The van der Waals surface area contributed by atoms with Crippen molar-refractivity contribution >= 4 is 49.5 Å². The van der Waals surface area contributed by atoms with E-state index in [4.69, 9.17) is 5.73 Å². The van der Waals surface area contributed by atoms with Crippen molar-refractivity contribution in [3.05, 3.63) is 45.4 Å². The fourth-order valence-corrected chi connectivity index (χ4v) is 4.27. The summed E-state index contributed by atoms with van der Waals surface area (Å²) in [5.74, 6) is 0.300. The molecular formula is C15H15IN4O2S.